The van der Waals surface area contributed by atoms with Crippen LogP contribution in [0.5, 0.6) is 0 Å². The largest absolute Gasteiger partial charge is 0.459 e. The highest BCUT2D eigenvalue weighted by atomic mass is 32.1. The number of carbonyl (C=O) groups is 3. The van der Waals surface area contributed by atoms with Crippen molar-refractivity contribution in [3.05, 3.63) is 71.0 Å². The average molecular weight is 453 g/mol. The van der Waals surface area contributed by atoms with Crippen LogP contribution in [0.25, 0.3) is 0 Å². The molecule has 3 aromatic rings. The summed E-state index contributed by atoms with van der Waals surface area (Å²) in [7, 11) is 0. The van der Waals surface area contributed by atoms with E-state index in [9.17, 15) is 14.4 Å². The molecule has 1 fully saturated rings. The van der Waals surface area contributed by atoms with E-state index in [-0.39, 0.29) is 29.6 Å². The number of likely N-dealkylation sites (tertiary alicyclic amines) is 1. The molecule has 9 heteroatoms. The Hall–Kier alpha value is -3.59. The van der Waals surface area contributed by atoms with Crippen molar-refractivity contribution in [3.63, 3.8) is 0 Å². The molecule has 0 radical (unpaired) electrons. The van der Waals surface area contributed by atoms with Gasteiger partial charge in [0.2, 0.25) is 0 Å². The molecule has 32 heavy (non-hydrogen) atoms. The molecule has 0 saturated carbocycles. The van der Waals surface area contributed by atoms with E-state index in [4.69, 9.17) is 4.42 Å². The number of nitrogens with one attached hydrogen (secondary N) is 3. The summed E-state index contributed by atoms with van der Waals surface area (Å²) in [6.07, 6.45) is 2.80. The van der Waals surface area contributed by atoms with Crippen molar-refractivity contribution in [2.45, 2.75) is 25.8 Å². The van der Waals surface area contributed by atoms with Crippen LogP contribution in [0, 0.1) is 6.92 Å². The average Bonchev–Trinajstić information content (AvgIpc) is 3.45. The summed E-state index contributed by atoms with van der Waals surface area (Å²) < 4.78 is 5.09. The molecule has 3 heterocycles. The molecule has 1 saturated heterocycles. The number of carbonyl (C=O) groups excluding carboxylic acids is 3. The minimum Gasteiger partial charge on any atom is -0.459 e. The number of aryl methyl sites for hydroxylation is 1. The van der Waals surface area contributed by atoms with Gasteiger partial charge in [-0.1, -0.05) is 18.2 Å². The zero-order valence-electron chi connectivity index (χ0n) is 17.6. The first-order valence-electron chi connectivity index (χ1n) is 10.4. The van der Waals surface area contributed by atoms with Crippen molar-refractivity contribution in [2.24, 2.45) is 0 Å². The van der Waals surface area contributed by atoms with E-state index < -0.39 is 0 Å². The predicted octanol–water partition coefficient (Wildman–Crippen LogP) is 4.33. The van der Waals surface area contributed by atoms with Crippen LogP contribution in [0.1, 0.15) is 38.6 Å². The molecule has 1 aliphatic heterocycles. The summed E-state index contributed by atoms with van der Waals surface area (Å²) in [6, 6.07) is 14.2. The summed E-state index contributed by atoms with van der Waals surface area (Å²) >= 11 is 1.23. The zero-order chi connectivity index (χ0) is 22.5. The highest BCUT2D eigenvalue weighted by molar-refractivity contribution is 7.18. The summed E-state index contributed by atoms with van der Waals surface area (Å²) in [5.74, 6) is -0.312. The van der Waals surface area contributed by atoms with Crippen LogP contribution in [0.4, 0.5) is 15.5 Å². The van der Waals surface area contributed by atoms with E-state index in [0.29, 0.717) is 35.8 Å². The van der Waals surface area contributed by atoms with Gasteiger partial charge in [0.1, 0.15) is 0 Å². The third kappa shape index (κ3) is 5.17. The number of furan rings is 1. The molecule has 166 valence electrons. The Morgan fingerprint density at radius 1 is 1.00 bits per heavy atom. The molecule has 0 spiro atoms. The molecular weight excluding hydrogens is 428 g/mol. The lowest BCUT2D eigenvalue weighted by molar-refractivity contribution is 0.0922. The lowest BCUT2D eigenvalue weighted by Crippen LogP contribution is -2.47. The molecule has 0 bridgehead atoms. The van der Waals surface area contributed by atoms with E-state index in [1.54, 1.807) is 23.1 Å². The van der Waals surface area contributed by atoms with Crippen LogP contribution >= 0.6 is 11.3 Å². The van der Waals surface area contributed by atoms with Crippen LogP contribution in [0.2, 0.25) is 0 Å². The molecule has 0 unspecified atom stereocenters. The Morgan fingerprint density at radius 2 is 1.75 bits per heavy atom. The first-order chi connectivity index (χ1) is 15.5. The van der Waals surface area contributed by atoms with Gasteiger partial charge in [-0.25, -0.2) is 4.79 Å². The monoisotopic (exact) mass is 452 g/mol. The normalized spacial score (nSPS) is 14.1. The lowest BCUT2D eigenvalue weighted by atomic mass is 10.1. The van der Waals surface area contributed by atoms with Gasteiger partial charge in [0.25, 0.3) is 11.8 Å². The molecule has 1 aromatic carbocycles. The topological polar surface area (TPSA) is 104 Å². The number of benzene rings is 1. The molecule has 8 nitrogen and oxygen atoms in total. The lowest BCUT2D eigenvalue weighted by Gasteiger charge is -2.32. The highest BCUT2D eigenvalue weighted by Crippen LogP contribution is 2.27. The van der Waals surface area contributed by atoms with Crippen LogP contribution < -0.4 is 16.0 Å². The molecule has 3 N–H and O–H groups in total. The van der Waals surface area contributed by atoms with Crippen LogP contribution in [0.3, 0.4) is 0 Å². The van der Waals surface area contributed by atoms with Crippen LogP contribution in [-0.2, 0) is 0 Å². The van der Waals surface area contributed by atoms with E-state index in [0.717, 1.165) is 11.3 Å². The smallest absolute Gasteiger partial charge is 0.321 e. The SMILES string of the molecule is Cc1cc(NC(=O)c2ccco2)sc1C(=O)NC1CCN(C(=O)Nc2ccccc2)CC1. The van der Waals surface area contributed by atoms with Crippen LogP contribution in [0.15, 0.2) is 59.2 Å². The second kappa shape index (κ2) is 9.69. The molecule has 4 rings (SSSR count). The zero-order valence-corrected chi connectivity index (χ0v) is 18.4. The maximum Gasteiger partial charge on any atom is 0.321 e. The third-order valence-corrected chi connectivity index (χ3v) is 6.40. The summed E-state index contributed by atoms with van der Waals surface area (Å²) in [5, 5.41) is 9.29. The predicted molar refractivity (Wildman–Crippen MR) is 123 cm³/mol. The minimum absolute atomic E-state index is 0.00839. The van der Waals surface area contributed by atoms with E-state index in [1.165, 1.54) is 17.6 Å². The van der Waals surface area contributed by atoms with Gasteiger partial charge < -0.3 is 25.3 Å². The van der Waals surface area contributed by atoms with Gasteiger partial charge in [0, 0.05) is 24.8 Å². The number of nitrogens with zero attached hydrogens (tertiary/aromatic N) is 1. The second-order valence-electron chi connectivity index (χ2n) is 7.59. The highest BCUT2D eigenvalue weighted by Gasteiger charge is 2.25. The summed E-state index contributed by atoms with van der Waals surface area (Å²) in [6.45, 7) is 2.97. The first kappa shape index (κ1) is 21.6. The van der Waals surface area contributed by atoms with Gasteiger partial charge >= 0.3 is 6.03 Å². The Bertz CT molecular complexity index is 1090. The van der Waals surface area contributed by atoms with Gasteiger partial charge in [-0.3, -0.25) is 9.59 Å². The van der Waals surface area contributed by atoms with Gasteiger partial charge in [-0.2, -0.15) is 0 Å². The molecule has 2 aromatic heterocycles. The third-order valence-electron chi connectivity index (χ3n) is 5.25. The maximum atomic E-state index is 12.8. The Balaban J connectivity index is 1.28. The molecule has 4 amide bonds. The van der Waals surface area contributed by atoms with Crippen LogP contribution in [-0.4, -0.2) is 41.9 Å². The van der Waals surface area contributed by atoms with Crippen molar-refractivity contribution >= 4 is 39.9 Å². The van der Waals surface area contributed by atoms with E-state index in [2.05, 4.69) is 16.0 Å². The molecular formula is C23H24N4O4S. The van der Waals surface area contributed by atoms with Gasteiger partial charge in [-0.05, 0) is 55.7 Å². The van der Waals surface area contributed by atoms with Crippen molar-refractivity contribution in [1.82, 2.24) is 10.2 Å². The molecule has 0 atom stereocenters. The quantitative estimate of drug-likeness (QED) is 0.536. The van der Waals surface area contributed by atoms with Crippen molar-refractivity contribution in [2.75, 3.05) is 23.7 Å². The number of hydrogen-bond acceptors (Lipinski definition) is 5. The number of anilines is 2. The fraction of sp³-hybridized carbons (Fsp3) is 0.261. The number of amides is 4. The fourth-order valence-corrected chi connectivity index (χ4v) is 4.52. The summed E-state index contributed by atoms with van der Waals surface area (Å²) in [4.78, 5) is 39.7. The van der Waals surface area contributed by atoms with Gasteiger partial charge in [-0.15, -0.1) is 11.3 Å². The van der Waals surface area contributed by atoms with Crippen molar-refractivity contribution in [1.29, 1.82) is 0 Å². The van der Waals surface area contributed by atoms with Gasteiger partial charge in [0.05, 0.1) is 16.1 Å². The Morgan fingerprint density at radius 3 is 2.44 bits per heavy atom. The number of urea groups is 1. The molecule has 0 aliphatic carbocycles. The minimum atomic E-state index is -0.357. The van der Waals surface area contributed by atoms with Crippen molar-refractivity contribution < 1.29 is 18.8 Å². The van der Waals surface area contributed by atoms with E-state index in [1.807, 2.05) is 37.3 Å². The Kier molecular flexibility index (Phi) is 6.55. The van der Waals surface area contributed by atoms with Crippen molar-refractivity contribution in [3.8, 4) is 0 Å². The summed E-state index contributed by atoms with van der Waals surface area (Å²) in [5.41, 5.74) is 1.55. The number of rotatable bonds is 5. The van der Waals surface area contributed by atoms with Gasteiger partial charge in [0.15, 0.2) is 5.76 Å². The Labute approximate surface area is 189 Å². The number of piperidine rings is 1. The first-order valence-corrected chi connectivity index (χ1v) is 11.2. The number of thiophene rings is 1. The maximum absolute atomic E-state index is 12.8. The standard InChI is InChI=1S/C23H24N4O4S/c1-15-14-19(26-21(28)18-8-5-13-31-18)32-20(15)22(29)24-17-9-11-27(12-10-17)23(30)25-16-6-3-2-4-7-16/h2-8,13-14,17H,9-12H2,1H3,(H,24,29)(H,25,30)(H,26,28). The molecule has 1 aliphatic rings. The number of para-hydroxylation sites is 1. The second-order valence-corrected chi connectivity index (χ2v) is 8.64. The van der Waals surface area contributed by atoms with E-state index >= 15 is 0 Å². The fourth-order valence-electron chi connectivity index (χ4n) is 3.55. The number of hydrogen-bond donors (Lipinski definition) is 3.